The molecule has 0 saturated carbocycles. The van der Waals surface area contributed by atoms with E-state index in [0.29, 0.717) is 11.7 Å². The topological polar surface area (TPSA) is 62.2 Å². The molecule has 24 heavy (non-hydrogen) atoms. The lowest BCUT2D eigenvalue weighted by molar-refractivity contribution is 0.120. The summed E-state index contributed by atoms with van der Waals surface area (Å²) in [7, 11) is 1.73. The highest BCUT2D eigenvalue weighted by atomic mass is 32.1. The summed E-state index contributed by atoms with van der Waals surface area (Å²) in [5, 5.41) is 5.14. The third kappa shape index (κ3) is 4.19. The van der Waals surface area contributed by atoms with Gasteiger partial charge in [-0.3, -0.25) is 15.3 Å². The molecule has 1 aromatic heterocycles. The molecule has 7 nitrogen and oxygen atoms in total. The van der Waals surface area contributed by atoms with E-state index >= 15 is 0 Å². The molecule has 1 aromatic rings. The summed E-state index contributed by atoms with van der Waals surface area (Å²) in [6.07, 6.45) is 2.48. The van der Waals surface area contributed by atoms with Gasteiger partial charge in [0, 0.05) is 52.5 Å². The molecule has 3 heterocycles. The van der Waals surface area contributed by atoms with E-state index in [1.165, 1.54) is 0 Å². The van der Waals surface area contributed by atoms with Gasteiger partial charge in [0.1, 0.15) is 11.4 Å². The van der Waals surface area contributed by atoms with Crippen LogP contribution in [-0.2, 0) is 4.74 Å². The highest BCUT2D eigenvalue weighted by Crippen LogP contribution is 2.21. The summed E-state index contributed by atoms with van der Waals surface area (Å²) in [5.74, 6) is 0.780. The monoisotopic (exact) mass is 349 g/mol. The molecule has 0 unspecified atom stereocenters. The summed E-state index contributed by atoms with van der Waals surface area (Å²) in [6.45, 7) is 6.13. The molecule has 2 aliphatic rings. The number of fused-ring (bicyclic) bond motifs is 1. The lowest BCUT2D eigenvalue weighted by Crippen LogP contribution is -2.51. The highest BCUT2D eigenvalue weighted by molar-refractivity contribution is 7.80. The summed E-state index contributed by atoms with van der Waals surface area (Å²) in [6, 6.07) is 3.78. The van der Waals surface area contributed by atoms with Gasteiger partial charge in [0.2, 0.25) is 0 Å². The molecule has 0 amide bonds. The number of aromatic nitrogens is 1. The van der Waals surface area contributed by atoms with Gasteiger partial charge in [0.15, 0.2) is 5.11 Å². The lowest BCUT2D eigenvalue weighted by atomic mass is 10.1. The smallest absolute Gasteiger partial charge is 0.189 e. The second-order valence-corrected chi connectivity index (χ2v) is 6.13. The van der Waals surface area contributed by atoms with Crippen molar-refractivity contribution in [2.75, 3.05) is 53.0 Å². The van der Waals surface area contributed by atoms with Crippen LogP contribution in [0.1, 0.15) is 12.1 Å². The average molecular weight is 349 g/mol. The Morgan fingerprint density at radius 2 is 2.25 bits per heavy atom. The first-order valence-corrected chi connectivity index (χ1v) is 8.59. The highest BCUT2D eigenvalue weighted by Gasteiger charge is 2.20. The van der Waals surface area contributed by atoms with Gasteiger partial charge < -0.3 is 14.4 Å². The number of hydrogen-bond acceptors (Lipinski definition) is 6. The summed E-state index contributed by atoms with van der Waals surface area (Å²) in [5.41, 5.74) is 4.71. The van der Waals surface area contributed by atoms with Crippen LogP contribution in [0.15, 0.2) is 23.4 Å². The Kier molecular flexibility index (Phi) is 5.95. The van der Waals surface area contributed by atoms with Gasteiger partial charge in [-0.2, -0.15) is 5.10 Å². The summed E-state index contributed by atoms with van der Waals surface area (Å²) < 4.78 is 10.7. The van der Waals surface area contributed by atoms with Crippen LogP contribution in [0, 0.1) is 0 Å². The lowest BCUT2D eigenvalue weighted by Gasteiger charge is -2.35. The Morgan fingerprint density at radius 3 is 3.04 bits per heavy atom. The van der Waals surface area contributed by atoms with Crippen molar-refractivity contribution in [2.45, 2.75) is 6.42 Å². The number of nitrogens with zero attached hydrogens (tertiary/aromatic N) is 4. The van der Waals surface area contributed by atoms with Crippen molar-refractivity contribution in [1.29, 1.82) is 0 Å². The molecular weight excluding hydrogens is 326 g/mol. The third-order valence-electron chi connectivity index (χ3n) is 4.20. The minimum Gasteiger partial charge on any atom is -0.491 e. The molecule has 0 spiro atoms. The largest absolute Gasteiger partial charge is 0.491 e. The van der Waals surface area contributed by atoms with Crippen molar-refractivity contribution >= 4 is 23.0 Å². The van der Waals surface area contributed by atoms with Crippen LogP contribution < -0.4 is 10.2 Å². The van der Waals surface area contributed by atoms with Gasteiger partial charge in [0.25, 0.3) is 0 Å². The van der Waals surface area contributed by atoms with Crippen molar-refractivity contribution in [2.24, 2.45) is 5.10 Å². The minimum atomic E-state index is 0.615. The predicted octanol–water partition coefficient (Wildman–Crippen LogP) is 0.707. The van der Waals surface area contributed by atoms with E-state index in [2.05, 4.69) is 25.3 Å². The van der Waals surface area contributed by atoms with E-state index < -0.39 is 0 Å². The number of thiocarbonyl (C=S) groups is 1. The standard InChI is InChI=1S/C16H23N5O2S/c1-22-12-10-20-6-8-21(9-7-20)16(24)19-18-13-4-11-23-14-3-2-5-17-15(13)14/h2-3,5H,4,6-12H2,1H3,(H,19,24)/b18-13-. The zero-order valence-corrected chi connectivity index (χ0v) is 14.7. The first-order chi connectivity index (χ1) is 11.8. The minimum absolute atomic E-state index is 0.615. The molecule has 130 valence electrons. The first-order valence-electron chi connectivity index (χ1n) is 8.19. The zero-order chi connectivity index (χ0) is 16.8. The van der Waals surface area contributed by atoms with E-state index in [1.54, 1.807) is 13.3 Å². The molecule has 1 saturated heterocycles. The van der Waals surface area contributed by atoms with Gasteiger partial charge in [-0.1, -0.05) is 0 Å². The molecule has 0 atom stereocenters. The van der Waals surface area contributed by atoms with Crippen LogP contribution in [0.3, 0.4) is 0 Å². The van der Waals surface area contributed by atoms with Crippen molar-refractivity contribution in [3.8, 4) is 5.75 Å². The second kappa shape index (κ2) is 8.36. The Balaban J connectivity index is 1.53. The molecule has 0 aliphatic carbocycles. The van der Waals surface area contributed by atoms with E-state index in [9.17, 15) is 0 Å². The fraction of sp³-hybridized carbons (Fsp3) is 0.562. The third-order valence-corrected chi connectivity index (χ3v) is 4.55. The van der Waals surface area contributed by atoms with E-state index in [0.717, 1.165) is 62.9 Å². The molecule has 0 radical (unpaired) electrons. The van der Waals surface area contributed by atoms with Gasteiger partial charge in [0.05, 0.1) is 18.9 Å². The number of hydrazone groups is 1. The molecule has 0 aromatic carbocycles. The van der Waals surface area contributed by atoms with Crippen molar-refractivity contribution in [3.63, 3.8) is 0 Å². The van der Waals surface area contributed by atoms with Crippen molar-refractivity contribution in [1.82, 2.24) is 20.2 Å². The number of piperazine rings is 1. The van der Waals surface area contributed by atoms with E-state index in [1.807, 2.05) is 12.1 Å². The molecular formula is C16H23N5O2S. The van der Waals surface area contributed by atoms with Gasteiger partial charge >= 0.3 is 0 Å². The Morgan fingerprint density at radius 1 is 1.42 bits per heavy atom. The fourth-order valence-electron chi connectivity index (χ4n) is 2.79. The van der Waals surface area contributed by atoms with Crippen LogP contribution in [0.25, 0.3) is 0 Å². The predicted molar refractivity (Wildman–Crippen MR) is 96.5 cm³/mol. The molecule has 1 N–H and O–H groups in total. The quantitative estimate of drug-likeness (QED) is 0.634. The van der Waals surface area contributed by atoms with Crippen LogP contribution >= 0.6 is 12.2 Å². The zero-order valence-electron chi connectivity index (χ0n) is 13.9. The van der Waals surface area contributed by atoms with Gasteiger partial charge in [-0.05, 0) is 24.4 Å². The first kappa shape index (κ1) is 17.1. The Labute approximate surface area is 147 Å². The summed E-state index contributed by atoms with van der Waals surface area (Å²) >= 11 is 5.48. The number of nitrogens with one attached hydrogen (secondary N) is 1. The van der Waals surface area contributed by atoms with Gasteiger partial charge in [-0.25, -0.2) is 0 Å². The average Bonchev–Trinajstić information content (AvgIpc) is 2.64. The number of methoxy groups -OCH3 is 1. The van der Waals surface area contributed by atoms with Crippen molar-refractivity contribution < 1.29 is 9.47 Å². The maximum absolute atomic E-state index is 5.59. The molecule has 2 aliphatic heterocycles. The Hall–Kier alpha value is -1.77. The Bertz CT molecular complexity index is 602. The molecule has 0 bridgehead atoms. The van der Waals surface area contributed by atoms with Gasteiger partial charge in [-0.15, -0.1) is 0 Å². The number of rotatable bonds is 4. The van der Waals surface area contributed by atoms with E-state index in [4.69, 9.17) is 21.7 Å². The number of pyridine rings is 1. The SMILES string of the molecule is COCCN1CCN(C(=S)N/N=C2/CCOc3cccnc32)CC1. The molecule has 8 heteroatoms. The second-order valence-electron chi connectivity index (χ2n) is 5.75. The summed E-state index contributed by atoms with van der Waals surface area (Å²) in [4.78, 5) is 8.89. The maximum atomic E-state index is 5.59. The normalized spacial score (nSPS) is 19.7. The van der Waals surface area contributed by atoms with Crippen LogP contribution in [-0.4, -0.2) is 78.7 Å². The van der Waals surface area contributed by atoms with Crippen LogP contribution in [0.4, 0.5) is 0 Å². The fourth-order valence-corrected chi connectivity index (χ4v) is 3.02. The van der Waals surface area contributed by atoms with E-state index in [-0.39, 0.29) is 0 Å². The van der Waals surface area contributed by atoms with Crippen LogP contribution in [0.5, 0.6) is 5.75 Å². The van der Waals surface area contributed by atoms with Crippen LogP contribution in [0.2, 0.25) is 0 Å². The molecule has 1 fully saturated rings. The van der Waals surface area contributed by atoms with Crippen molar-refractivity contribution in [3.05, 3.63) is 24.0 Å². The number of hydrogen-bond donors (Lipinski definition) is 1. The molecule has 3 rings (SSSR count). The maximum Gasteiger partial charge on any atom is 0.189 e. The number of ether oxygens (including phenoxy) is 2.